The van der Waals surface area contributed by atoms with Gasteiger partial charge in [0.15, 0.2) is 0 Å². The van der Waals surface area contributed by atoms with Gasteiger partial charge in [0.25, 0.3) is 0 Å². The molecule has 0 bridgehead atoms. The third-order valence-electron chi connectivity index (χ3n) is 10.2. The van der Waals surface area contributed by atoms with Gasteiger partial charge in [-0.05, 0) is 57.8 Å². The summed E-state index contributed by atoms with van der Waals surface area (Å²) >= 11 is 0. The first kappa shape index (κ1) is 57.2. The standard InChI is InChI=1S/C50H92NO7P/c1-3-5-7-9-11-13-15-17-19-20-21-22-23-24-25-26-27-28-29-31-33-35-37-39-41-43-50(52)58-49(48-57-59(53,54)56-46-44-51)47-55-45-42-40-38-36-34-32-30-18-16-14-12-10-8-6-4-2/h5,7,11,13,17,19,21-22,24-25,49H,3-4,6,8-10,12,14-16,18,20,23,26-48,51H2,1-2H3,(H,53,54)/b7-5-,13-11-,19-17-,22-21-,25-24-. The number of phosphoric acid groups is 1. The lowest BCUT2D eigenvalue weighted by molar-refractivity contribution is -0.154. The zero-order valence-electron chi connectivity index (χ0n) is 38.2. The largest absolute Gasteiger partial charge is 0.472 e. The quantitative estimate of drug-likeness (QED) is 0.0269. The molecule has 3 N–H and O–H groups in total. The van der Waals surface area contributed by atoms with Gasteiger partial charge in [-0.1, -0.05) is 209 Å². The van der Waals surface area contributed by atoms with Crippen LogP contribution in [0, 0.1) is 0 Å². The van der Waals surface area contributed by atoms with Gasteiger partial charge in [0.05, 0.1) is 19.8 Å². The van der Waals surface area contributed by atoms with E-state index in [1.165, 1.54) is 122 Å². The highest BCUT2D eigenvalue weighted by molar-refractivity contribution is 7.47. The summed E-state index contributed by atoms with van der Waals surface area (Å²) in [6.07, 6.45) is 58.1. The van der Waals surface area contributed by atoms with Crippen molar-refractivity contribution in [3.63, 3.8) is 0 Å². The van der Waals surface area contributed by atoms with Crippen molar-refractivity contribution in [2.45, 2.75) is 219 Å². The van der Waals surface area contributed by atoms with Crippen molar-refractivity contribution in [3.8, 4) is 0 Å². The maximum atomic E-state index is 12.6. The number of phosphoric ester groups is 1. The summed E-state index contributed by atoms with van der Waals surface area (Å²) in [7, 11) is -4.28. The monoisotopic (exact) mass is 850 g/mol. The van der Waals surface area contributed by atoms with E-state index in [9.17, 15) is 14.3 Å². The fourth-order valence-corrected chi connectivity index (χ4v) is 7.44. The molecule has 0 aliphatic heterocycles. The summed E-state index contributed by atoms with van der Waals surface area (Å²) in [4.78, 5) is 22.6. The normalized spacial score (nSPS) is 13.9. The number of allylic oxidation sites excluding steroid dienone is 10. The number of hydrogen-bond acceptors (Lipinski definition) is 7. The van der Waals surface area contributed by atoms with Crippen LogP contribution in [-0.4, -0.2) is 49.9 Å². The van der Waals surface area contributed by atoms with Crippen LogP contribution >= 0.6 is 7.82 Å². The molecule has 0 spiro atoms. The van der Waals surface area contributed by atoms with Gasteiger partial charge >= 0.3 is 13.8 Å². The lowest BCUT2D eigenvalue weighted by Gasteiger charge is -2.20. The Kier molecular flexibility index (Phi) is 45.8. The predicted molar refractivity (Wildman–Crippen MR) is 252 cm³/mol. The molecule has 0 aromatic rings. The van der Waals surface area contributed by atoms with E-state index < -0.39 is 13.9 Å². The number of rotatable bonds is 46. The Morgan fingerprint density at radius 3 is 1.42 bits per heavy atom. The molecule has 344 valence electrons. The summed E-state index contributed by atoms with van der Waals surface area (Å²) in [5.41, 5.74) is 5.38. The molecule has 0 rings (SSSR count). The lowest BCUT2D eigenvalue weighted by atomic mass is 10.0. The Morgan fingerprint density at radius 1 is 0.525 bits per heavy atom. The lowest BCUT2D eigenvalue weighted by Crippen LogP contribution is -2.28. The topological polar surface area (TPSA) is 117 Å². The van der Waals surface area contributed by atoms with Crippen molar-refractivity contribution in [2.24, 2.45) is 5.73 Å². The summed E-state index contributed by atoms with van der Waals surface area (Å²) in [6, 6.07) is 0. The van der Waals surface area contributed by atoms with Gasteiger partial charge in [0.2, 0.25) is 0 Å². The highest BCUT2D eigenvalue weighted by Gasteiger charge is 2.25. The van der Waals surface area contributed by atoms with Gasteiger partial charge in [-0.3, -0.25) is 13.8 Å². The van der Waals surface area contributed by atoms with E-state index in [0.29, 0.717) is 13.0 Å². The Hall–Kier alpha value is -1.80. The van der Waals surface area contributed by atoms with Crippen LogP contribution in [0.1, 0.15) is 213 Å². The third kappa shape index (κ3) is 47.1. The molecule has 0 amide bonds. The second-order valence-electron chi connectivity index (χ2n) is 16.0. The number of carbonyl (C=O) groups is 1. The molecule has 0 heterocycles. The van der Waals surface area contributed by atoms with E-state index in [0.717, 1.165) is 70.6 Å². The van der Waals surface area contributed by atoms with Crippen molar-refractivity contribution in [1.29, 1.82) is 0 Å². The molecule has 2 atom stereocenters. The fourth-order valence-electron chi connectivity index (χ4n) is 6.67. The van der Waals surface area contributed by atoms with Gasteiger partial charge in [-0.25, -0.2) is 4.57 Å². The van der Waals surface area contributed by atoms with E-state index >= 15 is 0 Å². The van der Waals surface area contributed by atoms with Crippen LogP contribution in [0.3, 0.4) is 0 Å². The Morgan fingerprint density at radius 2 is 0.949 bits per heavy atom. The van der Waals surface area contributed by atoms with Gasteiger partial charge < -0.3 is 20.1 Å². The van der Waals surface area contributed by atoms with Crippen LogP contribution < -0.4 is 5.73 Å². The molecule has 9 heteroatoms. The minimum absolute atomic E-state index is 0.0975. The minimum atomic E-state index is -4.28. The molecule has 8 nitrogen and oxygen atoms in total. The molecule has 0 aromatic carbocycles. The highest BCUT2D eigenvalue weighted by atomic mass is 31.2. The zero-order chi connectivity index (χ0) is 43.0. The fraction of sp³-hybridized carbons (Fsp3) is 0.780. The molecular weight excluding hydrogens is 758 g/mol. The Bertz CT molecular complexity index is 1090. The third-order valence-corrected chi connectivity index (χ3v) is 11.2. The smallest absolute Gasteiger partial charge is 0.457 e. The Labute approximate surface area is 363 Å². The van der Waals surface area contributed by atoms with Crippen molar-refractivity contribution >= 4 is 13.8 Å². The van der Waals surface area contributed by atoms with E-state index in [-0.39, 0.29) is 32.3 Å². The number of nitrogens with two attached hydrogens (primary N) is 1. The van der Waals surface area contributed by atoms with Gasteiger partial charge in [-0.2, -0.15) is 0 Å². The van der Waals surface area contributed by atoms with Crippen LogP contribution in [0.4, 0.5) is 0 Å². The average Bonchev–Trinajstić information content (AvgIpc) is 3.23. The molecule has 0 saturated carbocycles. The molecule has 59 heavy (non-hydrogen) atoms. The van der Waals surface area contributed by atoms with Crippen molar-refractivity contribution in [2.75, 3.05) is 33.0 Å². The van der Waals surface area contributed by atoms with Crippen molar-refractivity contribution in [3.05, 3.63) is 60.8 Å². The first-order valence-corrected chi connectivity index (χ1v) is 25.8. The van der Waals surface area contributed by atoms with E-state index in [1.807, 2.05) is 0 Å². The van der Waals surface area contributed by atoms with E-state index in [2.05, 4.69) is 74.6 Å². The zero-order valence-corrected chi connectivity index (χ0v) is 39.1. The van der Waals surface area contributed by atoms with Crippen molar-refractivity contribution < 1.29 is 32.8 Å². The summed E-state index contributed by atoms with van der Waals surface area (Å²) < 4.78 is 33.5. The van der Waals surface area contributed by atoms with Crippen LogP contribution in [-0.2, 0) is 27.9 Å². The van der Waals surface area contributed by atoms with Gasteiger partial charge in [-0.15, -0.1) is 0 Å². The first-order chi connectivity index (χ1) is 28.9. The van der Waals surface area contributed by atoms with E-state index in [4.69, 9.17) is 24.3 Å². The maximum absolute atomic E-state index is 12.6. The summed E-state index contributed by atoms with van der Waals surface area (Å²) in [6.45, 7) is 4.82. The highest BCUT2D eigenvalue weighted by Crippen LogP contribution is 2.43. The van der Waals surface area contributed by atoms with Crippen LogP contribution in [0.25, 0.3) is 0 Å². The second-order valence-corrected chi connectivity index (χ2v) is 17.4. The molecule has 0 aliphatic rings. The number of unbranched alkanes of at least 4 members (excludes halogenated alkanes) is 23. The molecule has 0 aliphatic carbocycles. The summed E-state index contributed by atoms with van der Waals surface area (Å²) in [5, 5.41) is 0. The van der Waals surface area contributed by atoms with Crippen LogP contribution in [0.5, 0.6) is 0 Å². The number of carbonyl (C=O) groups excluding carboxylic acids is 1. The number of ether oxygens (including phenoxy) is 2. The molecule has 0 saturated heterocycles. The number of esters is 1. The molecule has 0 fully saturated rings. The molecular formula is C50H92NO7P. The molecule has 0 radical (unpaired) electrons. The molecule has 2 unspecified atom stereocenters. The predicted octanol–water partition coefficient (Wildman–Crippen LogP) is 14.9. The van der Waals surface area contributed by atoms with Crippen LogP contribution in [0.15, 0.2) is 60.8 Å². The second kappa shape index (κ2) is 47.3. The van der Waals surface area contributed by atoms with Gasteiger partial charge in [0.1, 0.15) is 6.10 Å². The minimum Gasteiger partial charge on any atom is -0.457 e. The summed E-state index contributed by atoms with van der Waals surface area (Å²) in [5.74, 6) is -0.336. The Balaban J connectivity index is 3.97. The molecule has 0 aromatic heterocycles. The first-order valence-electron chi connectivity index (χ1n) is 24.3. The van der Waals surface area contributed by atoms with Crippen LogP contribution in [0.2, 0.25) is 0 Å². The SMILES string of the molecule is CC/C=C\C/C=C\C/C=C\C/C=C\C/C=C\CCCCCCCCCCCC(=O)OC(COCCCCCCCCCCCCCCCCC)COP(=O)(O)OCCN. The van der Waals surface area contributed by atoms with Gasteiger partial charge in [0, 0.05) is 19.6 Å². The number of hydrogen-bond donors (Lipinski definition) is 2. The maximum Gasteiger partial charge on any atom is 0.472 e. The van der Waals surface area contributed by atoms with E-state index in [1.54, 1.807) is 0 Å². The average molecular weight is 850 g/mol. The van der Waals surface area contributed by atoms with Crippen molar-refractivity contribution in [1.82, 2.24) is 0 Å².